The van der Waals surface area contributed by atoms with Gasteiger partial charge in [-0.15, -0.1) is 0 Å². The molecule has 3 rings (SSSR count). The van der Waals surface area contributed by atoms with E-state index in [-0.39, 0.29) is 6.04 Å². The van der Waals surface area contributed by atoms with Crippen LogP contribution in [0.1, 0.15) is 24.7 Å². The van der Waals surface area contributed by atoms with E-state index in [1.54, 1.807) is 0 Å². The smallest absolute Gasteiger partial charge is 0.259 e. The molecule has 1 aromatic heterocycles. The Morgan fingerprint density at radius 1 is 1.44 bits per heavy atom. The van der Waals surface area contributed by atoms with Gasteiger partial charge in [-0.25, -0.2) is 0 Å². The number of hydrogen-bond acceptors (Lipinski definition) is 4. The Hall–Kier alpha value is -0.910. The lowest BCUT2D eigenvalue weighted by Crippen LogP contribution is -2.14. The lowest BCUT2D eigenvalue weighted by molar-refractivity contribution is 0.412. The molecule has 6 heteroatoms. The Bertz CT molecular complexity index is 566. The lowest BCUT2D eigenvalue weighted by Gasteiger charge is -2.02. The van der Waals surface area contributed by atoms with Crippen LogP contribution in [0.25, 0.3) is 11.5 Å². The van der Waals surface area contributed by atoms with Crippen LogP contribution in [-0.4, -0.2) is 16.7 Å². The Morgan fingerprint density at radius 3 is 3.11 bits per heavy atom. The van der Waals surface area contributed by atoms with Crippen LogP contribution in [0.15, 0.2) is 27.2 Å². The summed E-state index contributed by atoms with van der Waals surface area (Å²) in [6, 6.07) is 5.84. The zero-order valence-electron chi connectivity index (χ0n) is 9.49. The minimum absolute atomic E-state index is 0.202. The third kappa shape index (κ3) is 2.18. The van der Waals surface area contributed by atoms with E-state index < -0.39 is 0 Å². The van der Waals surface area contributed by atoms with Crippen molar-refractivity contribution >= 4 is 27.5 Å². The predicted molar refractivity (Wildman–Crippen MR) is 72.4 cm³/mol. The maximum absolute atomic E-state index is 6.21. The van der Waals surface area contributed by atoms with Gasteiger partial charge in [0.15, 0.2) is 5.82 Å². The molecule has 18 heavy (non-hydrogen) atoms. The highest BCUT2D eigenvalue weighted by Crippen LogP contribution is 2.33. The van der Waals surface area contributed by atoms with Crippen LogP contribution in [-0.2, 0) is 0 Å². The SMILES string of the molecule is Clc1c(Br)cccc1-c1nc(C2CCCN2)no1. The molecule has 1 aromatic carbocycles. The molecule has 94 valence electrons. The second kappa shape index (κ2) is 4.99. The van der Waals surface area contributed by atoms with E-state index >= 15 is 0 Å². The maximum Gasteiger partial charge on any atom is 0.259 e. The van der Waals surface area contributed by atoms with Gasteiger partial charge >= 0.3 is 0 Å². The van der Waals surface area contributed by atoms with Gasteiger partial charge in [-0.05, 0) is 47.4 Å². The second-order valence-electron chi connectivity index (χ2n) is 4.21. The second-order valence-corrected chi connectivity index (χ2v) is 5.44. The molecule has 1 unspecified atom stereocenters. The van der Waals surface area contributed by atoms with Crippen molar-refractivity contribution in [3.8, 4) is 11.5 Å². The standard InChI is InChI=1S/C12H11BrClN3O/c13-8-4-1-3-7(10(8)14)12-16-11(17-18-12)9-5-2-6-15-9/h1,3-4,9,15H,2,5-6H2. The van der Waals surface area contributed by atoms with Gasteiger partial charge < -0.3 is 9.84 Å². The summed E-state index contributed by atoms with van der Waals surface area (Å²) in [6.45, 7) is 1.01. The largest absolute Gasteiger partial charge is 0.334 e. The molecule has 1 aliphatic rings. The Kier molecular flexibility index (Phi) is 3.37. The number of nitrogens with one attached hydrogen (secondary N) is 1. The first-order valence-corrected chi connectivity index (χ1v) is 6.94. The lowest BCUT2D eigenvalue weighted by atomic mass is 10.2. The average Bonchev–Trinajstić information content (AvgIpc) is 3.01. The molecule has 1 fully saturated rings. The van der Waals surface area contributed by atoms with Crippen LogP contribution in [0.5, 0.6) is 0 Å². The minimum atomic E-state index is 0.202. The highest BCUT2D eigenvalue weighted by molar-refractivity contribution is 9.10. The summed E-state index contributed by atoms with van der Waals surface area (Å²) in [5.74, 6) is 1.17. The molecule has 0 bridgehead atoms. The molecular weight excluding hydrogens is 318 g/mol. The van der Waals surface area contributed by atoms with Crippen molar-refractivity contribution in [3.05, 3.63) is 33.5 Å². The van der Waals surface area contributed by atoms with Gasteiger partial charge in [0, 0.05) is 4.47 Å². The monoisotopic (exact) mass is 327 g/mol. The Balaban J connectivity index is 1.95. The average molecular weight is 329 g/mol. The topological polar surface area (TPSA) is 51.0 Å². The fourth-order valence-electron chi connectivity index (χ4n) is 2.06. The van der Waals surface area contributed by atoms with Gasteiger partial charge in [0.05, 0.1) is 16.6 Å². The van der Waals surface area contributed by atoms with Crippen molar-refractivity contribution in [2.24, 2.45) is 0 Å². The van der Waals surface area contributed by atoms with Crippen molar-refractivity contribution in [3.63, 3.8) is 0 Å². The first-order valence-electron chi connectivity index (χ1n) is 5.77. The number of nitrogens with zero attached hydrogens (tertiary/aromatic N) is 2. The zero-order valence-corrected chi connectivity index (χ0v) is 11.8. The number of benzene rings is 1. The predicted octanol–water partition coefficient (Wildman–Crippen LogP) is 3.58. The number of aromatic nitrogens is 2. The van der Waals surface area contributed by atoms with E-state index in [2.05, 4.69) is 31.4 Å². The van der Waals surface area contributed by atoms with Crippen LogP contribution >= 0.6 is 27.5 Å². The summed E-state index contributed by atoms with van der Waals surface area (Å²) in [6.07, 6.45) is 2.19. The number of hydrogen-bond donors (Lipinski definition) is 1. The Labute approximate surface area is 118 Å². The van der Waals surface area contributed by atoms with Gasteiger partial charge in [0.2, 0.25) is 0 Å². The first kappa shape index (κ1) is 12.1. The van der Waals surface area contributed by atoms with Gasteiger partial charge in [-0.2, -0.15) is 4.98 Å². The highest BCUT2D eigenvalue weighted by Gasteiger charge is 2.22. The van der Waals surface area contributed by atoms with Crippen molar-refractivity contribution in [2.45, 2.75) is 18.9 Å². The van der Waals surface area contributed by atoms with Crippen LogP contribution in [0.3, 0.4) is 0 Å². The highest BCUT2D eigenvalue weighted by atomic mass is 79.9. The zero-order chi connectivity index (χ0) is 12.5. The summed E-state index contributed by atoms with van der Waals surface area (Å²) in [7, 11) is 0. The van der Waals surface area contributed by atoms with Crippen LogP contribution in [0, 0.1) is 0 Å². The molecule has 0 spiro atoms. The molecule has 0 radical (unpaired) electrons. The van der Waals surface area contributed by atoms with E-state index in [0.717, 1.165) is 29.4 Å². The molecule has 0 amide bonds. The fourth-order valence-corrected chi connectivity index (χ4v) is 2.63. The fraction of sp³-hybridized carbons (Fsp3) is 0.333. The maximum atomic E-state index is 6.21. The van der Waals surface area contributed by atoms with E-state index in [1.165, 1.54) is 0 Å². The molecule has 0 saturated carbocycles. The third-order valence-corrected chi connectivity index (χ3v) is 4.29. The van der Waals surface area contributed by atoms with Crippen molar-refractivity contribution < 1.29 is 4.52 Å². The normalized spacial score (nSPS) is 19.3. The van der Waals surface area contributed by atoms with Crippen LogP contribution in [0.2, 0.25) is 5.02 Å². The number of rotatable bonds is 2. The third-order valence-electron chi connectivity index (χ3n) is 3.00. The molecule has 1 atom stereocenters. The quantitative estimate of drug-likeness (QED) is 0.915. The summed E-state index contributed by atoms with van der Waals surface area (Å²) in [5, 5.41) is 7.95. The van der Waals surface area contributed by atoms with Crippen LogP contribution < -0.4 is 5.32 Å². The van der Waals surface area contributed by atoms with Gasteiger partial charge in [-0.1, -0.05) is 22.8 Å². The van der Waals surface area contributed by atoms with Crippen molar-refractivity contribution in [1.82, 2.24) is 15.5 Å². The molecule has 1 N–H and O–H groups in total. The Morgan fingerprint density at radius 2 is 2.33 bits per heavy atom. The summed E-state index contributed by atoms with van der Waals surface area (Å²) >= 11 is 9.59. The molecule has 1 aliphatic heterocycles. The van der Waals surface area contributed by atoms with Gasteiger partial charge in [0.1, 0.15) is 0 Å². The summed E-state index contributed by atoms with van der Waals surface area (Å²) in [4.78, 5) is 4.42. The van der Waals surface area contributed by atoms with E-state index in [0.29, 0.717) is 16.7 Å². The summed E-state index contributed by atoms with van der Waals surface area (Å²) in [5.41, 5.74) is 0.753. The molecule has 0 aliphatic carbocycles. The molecule has 2 aromatic rings. The van der Waals surface area contributed by atoms with Gasteiger partial charge in [0.25, 0.3) is 5.89 Å². The van der Waals surface area contributed by atoms with Crippen molar-refractivity contribution in [2.75, 3.05) is 6.54 Å². The molecule has 4 nitrogen and oxygen atoms in total. The number of halogens is 2. The van der Waals surface area contributed by atoms with Crippen molar-refractivity contribution in [1.29, 1.82) is 0 Å². The molecule has 2 heterocycles. The van der Waals surface area contributed by atoms with Gasteiger partial charge in [-0.3, -0.25) is 0 Å². The minimum Gasteiger partial charge on any atom is -0.334 e. The van der Waals surface area contributed by atoms with E-state index in [4.69, 9.17) is 16.1 Å². The summed E-state index contributed by atoms with van der Waals surface area (Å²) < 4.78 is 6.11. The van der Waals surface area contributed by atoms with E-state index in [1.807, 2.05) is 18.2 Å². The molecular formula is C12H11BrClN3O. The molecule has 1 saturated heterocycles. The van der Waals surface area contributed by atoms with E-state index in [9.17, 15) is 0 Å². The van der Waals surface area contributed by atoms with Crippen LogP contribution in [0.4, 0.5) is 0 Å². The first-order chi connectivity index (χ1) is 8.75.